The van der Waals surface area contributed by atoms with Crippen molar-refractivity contribution < 1.29 is 19.4 Å². The summed E-state index contributed by atoms with van der Waals surface area (Å²) in [7, 11) is 0. The minimum absolute atomic E-state index is 0.0280. The monoisotopic (exact) mass is 504 g/mol. The summed E-state index contributed by atoms with van der Waals surface area (Å²) in [4.78, 5) is 28.0. The van der Waals surface area contributed by atoms with Gasteiger partial charge in [0.25, 0.3) is 0 Å². The molecule has 4 unspecified atom stereocenters. The number of piperidine rings is 1. The van der Waals surface area contributed by atoms with Crippen LogP contribution >= 0.6 is 11.6 Å². The van der Waals surface area contributed by atoms with Crippen LogP contribution in [0, 0.1) is 11.8 Å². The van der Waals surface area contributed by atoms with E-state index in [0.717, 1.165) is 18.4 Å². The lowest BCUT2D eigenvalue weighted by atomic mass is 9.61. The molecule has 4 rings (SSSR count). The van der Waals surface area contributed by atoms with Gasteiger partial charge in [0.15, 0.2) is 0 Å². The van der Waals surface area contributed by atoms with E-state index < -0.39 is 23.2 Å². The summed E-state index contributed by atoms with van der Waals surface area (Å²) in [6.45, 7) is 6.61. The number of likely N-dealkylation sites (tertiary alicyclic amines) is 1. The summed E-state index contributed by atoms with van der Waals surface area (Å²) >= 11 is 6.33. The lowest BCUT2D eigenvalue weighted by molar-refractivity contribution is -0.145. The van der Waals surface area contributed by atoms with Crippen molar-refractivity contribution in [1.82, 2.24) is 10.2 Å². The molecule has 1 heterocycles. The highest BCUT2D eigenvalue weighted by atomic mass is 35.5. The Morgan fingerprint density at radius 3 is 2.46 bits per heavy atom. The Labute approximate surface area is 214 Å². The van der Waals surface area contributed by atoms with Crippen LogP contribution in [0.2, 0.25) is 5.02 Å². The maximum atomic E-state index is 14.0. The lowest BCUT2D eigenvalue weighted by Crippen LogP contribution is -2.53. The fourth-order valence-corrected chi connectivity index (χ4v) is 6.66. The molecule has 7 heteroatoms. The second-order valence-corrected chi connectivity index (χ2v) is 12.3. The van der Waals surface area contributed by atoms with E-state index >= 15 is 0 Å². The molecule has 3 fully saturated rings. The van der Waals surface area contributed by atoms with Crippen molar-refractivity contribution in [3.8, 4) is 0 Å². The number of nitrogens with zero attached hydrogens (tertiary/aromatic N) is 1. The Kier molecular flexibility index (Phi) is 8.02. The van der Waals surface area contributed by atoms with Crippen LogP contribution in [0.5, 0.6) is 0 Å². The van der Waals surface area contributed by atoms with Crippen molar-refractivity contribution in [2.45, 2.75) is 102 Å². The summed E-state index contributed by atoms with van der Waals surface area (Å²) in [6, 6.07) is 7.41. The maximum Gasteiger partial charge on any atom is 0.407 e. The van der Waals surface area contributed by atoms with Crippen molar-refractivity contribution in [3.63, 3.8) is 0 Å². The molecule has 4 atom stereocenters. The molecule has 35 heavy (non-hydrogen) atoms. The number of fused-ring (bicyclic) bond motifs is 1. The van der Waals surface area contributed by atoms with Gasteiger partial charge in [0, 0.05) is 24.2 Å². The van der Waals surface area contributed by atoms with Crippen LogP contribution in [0.1, 0.15) is 90.0 Å². The molecule has 2 saturated carbocycles. The van der Waals surface area contributed by atoms with Gasteiger partial charge in [-0.3, -0.25) is 4.79 Å². The van der Waals surface area contributed by atoms with Crippen LogP contribution in [-0.2, 0) is 9.53 Å². The number of halogens is 1. The van der Waals surface area contributed by atoms with Gasteiger partial charge in [0.05, 0.1) is 11.5 Å². The first-order valence-electron chi connectivity index (χ1n) is 13.3. The van der Waals surface area contributed by atoms with Crippen LogP contribution < -0.4 is 5.32 Å². The molecule has 0 aromatic heterocycles. The molecule has 2 amide bonds. The molecule has 194 valence electrons. The number of nitrogens with one attached hydrogen (secondary N) is 1. The Morgan fingerprint density at radius 1 is 1.11 bits per heavy atom. The first-order valence-corrected chi connectivity index (χ1v) is 13.7. The molecule has 6 nitrogen and oxygen atoms in total. The average molecular weight is 505 g/mol. The van der Waals surface area contributed by atoms with E-state index in [0.29, 0.717) is 55.6 Å². The van der Waals surface area contributed by atoms with E-state index in [4.69, 9.17) is 16.3 Å². The molecular weight excluding hydrogens is 464 g/mol. The van der Waals surface area contributed by atoms with Gasteiger partial charge in [-0.2, -0.15) is 0 Å². The van der Waals surface area contributed by atoms with Gasteiger partial charge < -0.3 is 20.1 Å². The van der Waals surface area contributed by atoms with E-state index in [1.165, 1.54) is 19.3 Å². The molecule has 1 saturated heterocycles. The van der Waals surface area contributed by atoms with E-state index in [-0.39, 0.29) is 11.9 Å². The number of ether oxygens (including phenoxy) is 1. The van der Waals surface area contributed by atoms with E-state index in [1.807, 2.05) is 49.9 Å². The van der Waals surface area contributed by atoms with Gasteiger partial charge >= 0.3 is 6.09 Å². The predicted octanol–water partition coefficient (Wildman–Crippen LogP) is 5.66. The predicted molar refractivity (Wildman–Crippen MR) is 137 cm³/mol. The van der Waals surface area contributed by atoms with Crippen molar-refractivity contribution in [1.29, 1.82) is 0 Å². The quantitative estimate of drug-likeness (QED) is 0.554. The highest BCUT2D eigenvalue weighted by Crippen LogP contribution is 2.50. The second-order valence-electron chi connectivity index (χ2n) is 11.9. The third kappa shape index (κ3) is 6.51. The zero-order chi connectivity index (χ0) is 25.2. The second kappa shape index (κ2) is 10.7. The SMILES string of the molecule is CC(C)(C)OC(=O)NC1CCN(C(=O)C(c2cccc(Cl)c2)C2(O)CCC3CCCCC3C2)CC1. The molecule has 0 spiro atoms. The highest BCUT2D eigenvalue weighted by molar-refractivity contribution is 6.30. The molecule has 1 aromatic carbocycles. The van der Waals surface area contributed by atoms with Gasteiger partial charge in [-0.15, -0.1) is 0 Å². The third-order valence-electron chi connectivity index (χ3n) is 8.12. The Morgan fingerprint density at radius 2 is 1.80 bits per heavy atom. The number of rotatable bonds is 4. The molecule has 0 radical (unpaired) electrons. The summed E-state index contributed by atoms with van der Waals surface area (Å²) in [6.07, 6.45) is 8.09. The summed E-state index contributed by atoms with van der Waals surface area (Å²) in [5, 5.41) is 15.5. The van der Waals surface area contributed by atoms with Gasteiger partial charge in [-0.1, -0.05) is 49.4 Å². The number of hydrogen-bond donors (Lipinski definition) is 2. The smallest absolute Gasteiger partial charge is 0.407 e. The number of benzene rings is 1. The first-order chi connectivity index (χ1) is 16.5. The number of aliphatic hydroxyl groups is 1. The number of carbonyl (C=O) groups excluding carboxylic acids is 2. The Bertz CT molecular complexity index is 908. The molecule has 1 aliphatic heterocycles. The van der Waals surface area contributed by atoms with E-state index in [9.17, 15) is 14.7 Å². The van der Waals surface area contributed by atoms with Gasteiger partial charge in [0.1, 0.15) is 5.60 Å². The lowest BCUT2D eigenvalue weighted by Gasteiger charge is -2.48. The summed E-state index contributed by atoms with van der Waals surface area (Å²) < 4.78 is 5.38. The molecule has 2 N–H and O–H groups in total. The summed E-state index contributed by atoms with van der Waals surface area (Å²) in [5.41, 5.74) is -0.808. The number of hydrogen-bond acceptors (Lipinski definition) is 4. The standard InChI is InChI=1S/C28H41ClN2O4/c1-27(2,3)35-26(33)30-23-12-15-31(16-13-23)25(32)24(20-9-6-10-22(29)17-20)28(34)14-11-19-7-4-5-8-21(19)18-28/h6,9-10,17,19,21,23-24,34H,4-5,7-8,11-16,18H2,1-3H3,(H,30,33). The number of amides is 2. The van der Waals surface area contributed by atoms with Crippen molar-refractivity contribution in [2.24, 2.45) is 11.8 Å². The van der Waals surface area contributed by atoms with E-state index in [2.05, 4.69) is 5.32 Å². The molecule has 3 aliphatic rings. The zero-order valence-electron chi connectivity index (χ0n) is 21.4. The van der Waals surface area contributed by atoms with Crippen molar-refractivity contribution >= 4 is 23.6 Å². The zero-order valence-corrected chi connectivity index (χ0v) is 22.2. The van der Waals surface area contributed by atoms with Crippen LogP contribution in [-0.4, -0.2) is 52.3 Å². The Hall–Kier alpha value is -1.79. The van der Waals surface area contributed by atoms with Gasteiger partial charge in [-0.05, 0) is 82.4 Å². The molecule has 1 aromatic rings. The van der Waals surface area contributed by atoms with Crippen molar-refractivity contribution in [2.75, 3.05) is 13.1 Å². The minimum Gasteiger partial charge on any atom is -0.444 e. The minimum atomic E-state index is -1.06. The topological polar surface area (TPSA) is 78.9 Å². The summed E-state index contributed by atoms with van der Waals surface area (Å²) in [5.74, 6) is 0.508. The maximum absolute atomic E-state index is 14.0. The largest absolute Gasteiger partial charge is 0.444 e. The number of alkyl carbamates (subject to hydrolysis) is 1. The highest BCUT2D eigenvalue weighted by Gasteiger charge is 2.49. The van der Waals surface area contributed by atoms with Crippen LogP contribution in [0.15, 0.2) is 24.3 Å². The third-order valence-corrected chi connectivity index (χ3v) is 8.36. The molecular formula is C28H41ClN2O4. The van der Waals surface area contributed by atoms with Gasteiger partial charge in [0.2, 0.25) is 5.91 Å². The van der Waals surface area contributed by atoms with Crippen LogP contribution in [0.3, 0.4) is 0 Å². The average Bonchev–Trinajstić information content (AvgIpc) is 2.78. The van der Waals surface area contributed by atoms with Crippen LogP contribution in [0.4, 0.5) is 4.79 Å². The van der Waals surface area contributed by atoms with Gasteiger partial charge in [-0.25, -0.2) is 4.79 Å². The van der Waals surface area contributed by atoms with Crippen LogP contribution in [0.25, 0.3) is 0 Å². The fraction of sp³-hybridized carbons (Fsp3) is 0.714. The fourth-order valence-electron chi connectivity index (χ4n) is 6.46. The number of carbonyl (C=O) groups is 2. The normalized spacial score (nSPS) is 28.7. The molecule has 2 aliphatic carbocycles. The Balaban J connectivity index is 1.47. The first kappa shape index (κ1) is 26.3. The van der Waals surface area contributed by atoms with Crippen molar-refractivity contribution in [3.05, 3.63) is 34.9 Å². The van der Waals surface area contributed by atoms with E-state index in [1.54, 1.807) is 0 Å². The molecule has 0 bridgehead atoms.